The third kappa shape index (κ3) is 3.79. The van der Waals surface area contributed by atoms with Crippen LogP contribution in [-0.4, -0.2) is 23.5 Å². The van der Waals surface area contributed by atoms with Crippen LogP contribution in [0.1, 0.15) is 24.1 Å². The average molecular weight is 367 g/mol. The van der Waals surface area contributed by atoms with Crippen molar-refractivity contribution in [3.05, 3.63) is 81.4 Å². The van der Waals surface area contributed by atoms with E-state index < -0.39 is 23.0 Å². The second kappa shape index (κ2) is 7.69. The summed E-state index contributed by atoms with van der Waals surface area (Å²) in [6, 6.07) is 13.3. The van der Waals surface area contributed by atoms with Gasteiger partial charge in [0.05, 0.1) is 28.8 Å². The summed E-state index contributed by atoms with van der Waals surface area (Å²) in [6.07, 6.45) is 0. The maximum Gasteiger partial charge on any atom is 0.338 e. The molecule has 3 rings (SSSR count). The highest BCUT2D eigenvalue weighted by molar-refractivity contribution is 6.04. The molecule has 0 saturated carbocycles. The van der Waals surface area contributed by atoms with Crippen LogP contribution in [0, 0.1) is 10.1 Å². The zero-order valence-electron chi connectivity index (χ0n) is 14.5. The molecule has 0 aromatic heterocycles. The molecular formula is C19H17N3O5. The topological polar surface area (TPSA) is 111 Å². The zero-order valence-corrected chi connectivity index (χ0v) is 14.5. The van der Waals surface area contributed by atoms with Gasteiger partial charge >= 0.3 is 12.0 Å². The number of esters is 1. The molecule has 1 aliphatic rings. The van der Waals surface area contributed by atoms with Gasteiger partial charge in [0.1, 0.15) is 0 Å². The molecule has 2 aromatic rings. The summed E-state index contributed by atoms with van der Waals surface area (Å²) in [5.74, 6) is -0.611. The molecule has 2 amide bonds. The van der Waals surface area contributed by atoms with Crippen LogP contribution in [0.3, 0.4) is 0 Å². The van der Waals surface area contributed by atoms with Gasteiger partial charge in [0.2, 0.25) is 0 Å². The molecule has 0 bridgehead atoms. The van der Waals surface area contributed by atoms with Crippen LogP contribution in [0.5, 0.6) is 0 Å². The van der Waals surface area contributed by atoms with Crippen molar-refractivity contribution in [2.24, 2.45) is 0 Å². The molecule has 138 valence electrons. The van der Waals surface area contributed by atoms with Gasteiger partial charge in [-0.05, 0) is 18.1 Å². The first kappa shape index (κ1) is 18.1. The minimum Gasteiger partial charge on any atom is -0.463 e. The zero-order chi connectivity index (χ0) is 19.4. The SMILES string of the molecule is CCOC(=O)C1=C(c2ccccc2)NC(=O)NC1c1cccc([N+](=O)[O-])c1. The van der Waals surface area contributed by atoms with Crippen molar-refractivity contribution in [1.82, 2.24) is 10.6 Å². The Bertz CT molecular complexity index is 924. The van der Waals surface area contributed by atoms with E-state index >= 15 is 0 Å². The number of benzene rings is 2. The summed E-state index contributed by atoms with van der Waals surface area (Å²) in [5, 5.41) is 16.4. The van der Waals surface area contributed by atoms with E-state index in [2.05, 4.69) is 10.6 Å². The largest absolute Gasteiger partial charge is 0.463 e. The van der Waals surface area contributed by atoms with E-state index in [0.717, 1.165) is 0 Å². The van der Waals surface area contributed by atoms with Crippen molar-refractivity contribution in [3.8, 4) is 0 Å². The molecule has 0 spiro atoms. The van der Waals surface area contributed by atoms with Gasteiger partial charge in [-0.25, -0.2) is 9.59 Å². The number of nitrogens with one attached hydrogen (secondary N) is 2. The Morgan fingerprint density at radius 2 is 1.93 bits per heavy atom. The van der Waals surface area contributed by atoms with E-state index in [1.54, 1.807) is 37.3 Å². The number of nitro groups is 1. The number of urea groups is 1. The lowest BCUT2D eigenvalue weighted by molar-refractivity contribution is -0.384. The number of non-ortho nitro benzene ring substituents is 1. The van der Waals surface area contributed by atoms with Gasteiger partial charge in [-0.3, -0.25) is 10.1 Å². The van der Waals surface area contributed by atoms with Crippen LogP contribution in [0.15, 0.2) is 60.2 Å². The number of hydrogen-bond donors (Lipinski definition) is 2. The van der Waals surface area contributed by atoms with Crippen LogP contribution < -0.4 is 10.6 Å². The summed E-state index contributed by atoms with van der Waals surface area (Å²) in [5.41, 5.74) is 1.41. The molecule has 1 atom stereocenters. The molecule has 0 radical (unpaired) electrons. The van der Waals surface area contributed by atoms with Crippen molar-refractivity contribution in [2.45, 2.75) is 13.0 Å². The van der Waals surface area contributed by atoms with E-state index in [1.807, 2.05) is 6.07 Å². The first-order valence-electron chi connectivity index (χ1n) is 8.29. The lowest BCUT2D eigenvalue weighted by atomic mass is 9.92. The van der Waals surface area contributed by atoms with Crippen LogP contribution in [-0.2, 0) is 9.53 Å². The molecule has 0 aliphatic carbocycles. The monoisotopic (exact) mass is 367 g/mol. The van der Waals surface area contributed by atoms with Crippen molar-refractivity contribution in [3.63, 3.8) is 0 Å². The molecule has 2 N–H and O–H groups in total. The number of nitro benzene ring substituents is 1. The van der Waals surface area contributed by atoms with Crippen molar-refractivity contribution < 1.29 is 19.2 Å². The highest BCUT2D eigenvalue weighted by Gasteiger charge is 2.34. The summed E-state index contributed by atoms with van der Waals surface area (Å²) >= 11 is 0. The molecular weight excluding hydrogens is 350 g/mol. The van der Waals surface area contributed by atoms with Crippen LogP contribution in [0.25, 0.3) is 5.70 Å². The maximum atomic E-state index is 12.7. The fourth-order valence-corrected chi connectivity index (χ4v) is 2.89. The molecule has 8 nitrogen and oxygen atoms in total. The number of carbonyl (C=O) groups excluding carboxylic acids is 2. The minimum atomic E-state index is -0.882. The fraction of sp³-hybridized carbons (Fsp3) is 0.158. The smallest absolute Gasteiger partial charge is 0.338 e. The third-order valence-corrected chi connectivity index (χ3v) is 4.04. The number of amides is 2. The van der Waals surface area contributed by atoms with Gasteiger partial charge in [0.25, 0.3) is 5.69 Å². The van der Waals surface area contributed by atoms with Crippen molar-refractivity contribution in [2.75, 3.05) is 6.61 Å². The summed E-state index contributed by atoms with van der Waals surface area (Å²) in [4.78, 5) is 35.5. The Labute approximate surface area is 155 Å². The molecule has 8 heteroatoms. The predicted molar refractivity (Wildman–Crippen MR) is 97.5 cm³/mol. The predicted octanol–water partition coefficient (Wildman–Crippen LogP) is 2.92. The van der Waals surface area contributed by atoms with E-state index in [0.29, 0.717) is 16.8 Å². The number of hydrogen-bond acceptors (Lipinski definition) is 5. The van der Waals surface area contributed by atoms with Gasteiger partial charge < -0.3 is 15.4 Å². The number of rotatable bonds is 5. The molecule has 0 fully saturated rings. The van der Waals surface area contributed by atoms with Gasteiger partial charge in [-0.1, -0.05) is 42.5 Å². The second-order valence-corrected chi connectivity index (χ2v) is 5.76. The van der Waals surface area contributed by atoms with E-state index in [4.69, 9.17) is 4.74 Å². The van der Waals surface area contributed by atoms with E-state index in [1.165, 1.54) is 18.2 Å². The molecule has 1 aliphatic heterocycles. The van der Waals surface area contributed by atoms with Gasteiger partial charge in [0.15, 0.2) is 0 Å². The normalized spacial score (nSPS) is 16.3. The highest BCUT2D eigenvalue weighted by atomic mass is 16.6. The molecule has 0 saturated heterocycles. The Morgan fingerprint density at radius 1 is 1.19 bits per heavy atom. The summed E-state index contributed by atoms with van der Waals surface area (Å²) < 4.78 is 5.18. The Morgan fingerprint density at radius 3 is 2.59 bits per heavy atom. The van der Waals surface area contributed by atoms with Crippen LogP contribution in [0.4, 0.5) is 10.5 Å². The first-order chi connectivity index (χ1) is 13.0. The lowest BCUT2D eigenvalue weighted by Gasteiger charge is -2.29. The van der Waals surface area contributed by atoms with E-state index in [-0.39, 0.29) is 17.9 Å². The van der Waals surface area contributed by atoms with Crippen molar-refractivity contribution in [1.29, 1.82) is 0 Å². The molecule has 1 heterocycles. The highest BCUT2D eigenvalue weighted by Crippen LogP contribution is 2.33. The maximum absolute atomic E-state index is 12.7. The Kier molecular flexibility index (Phi) is 5.16. The Hall–Kier alpha value is -3.68. The van der Waals surface area contributed by atoms with Crippen LogP contribution >= 0.6 is 0 Å². The summed E-state index contributed by atoms with van der Waals surface area (Å²) in [7, 11) is 0. The van der Waals surface area contributed by atoms with E-state index in [9.17, 15) is 19.7 Å². The quantitative estimate of drug-likeness (QED) is 0.480. The standard InChI is InChI=1S/C19H17N3O5/c1-2-27-18(23)15-16(12-7-4-3-5-8-12)20-19(24)21-17(15)13-9-6-10-14(11-13)22(25)26/h3-11,17H,2H2,1H3,(H2,20,21,24). The van der Waals surface area contributed by atoms with Gasteiger partial charge in [-0.15, -0.1) is 0 Å². The number of ether oxygens (including phenoxy) is 1. The summed E-state index contributed by atoms with van der Waals surface area (Å²) in [6.45, 7) is 1.83. The number of carbonyl (C=O) groups is 2. The van der Waals surface area contributed by atoms with Gasteiger partial charge in [0, 0.05) is 12.1 Å². The average Bonchev–Trinajstić information content (AvgIpc) is 2.68. The first-order valence-corrected chi connectivity index (χ1v) is 8.29. The van der Waals surface area contributed by atoms with Crippen molar-refractivity contribution >= 4 is 23.4 Å². The van der Waals surface area contributed by atoms with Crippen LogP contribution in [0.2, 0.25) is 0 Å². The minimum absolute atomic E-state index is 0.134. The molecule has 2 aromatic carbocycles. The fourth-order valence-electron chi connectivity index (χ4n) is 2.89. The second-order valence-electron chi connectivity index (χ2n) is 5.76. The third-order valence-electron chi connectivity index (χ3n) is 4.04. The Balaban J connectivity index is 2.18. The number of nitrogens with zero attached hydrogens (tertiary/aromatic N) is 1. The molecule has 27 heavy (non-hydrogen) atoms. The molecule has 1 unspecified atom stereocenters. The lowest BCUT2D eigenvalue weighted by Crippen LogP contribution is -2.45. The van der Waals surface area contributed by atoms with Gasteiger partial charge in [-0.2, -0.15) is 0 Å².